The number of benzene rings is 1. The average molecular weight is 351 g/mol. The number of carbonyl (C=O) groups is 1. The number of ether oxygens (including phenoxy) is 1. The molecule has 2 aromatic rings. The lowest BCUT2D eigenvalue weighted by Crippen LogP contribution is -2.13. The highest BCUT2D eigenvalue weighted by atomic mass is 79.9. The third-order valence-electron chi connectivity index (χ3n) is 3.08. The van der Waals surface area contributed by atoms with Crippen molar-refractivity contribution in [3.05, 3.63) is 53.3 Å². The molecule has 0 saturated heterocycles. The Morgan fingerprint density at radius 1 is 1.33 bits per heavy atom. The molecule has 0 atom stereocenters. The predicted molar refractivity (Wildman–Crippen MR) is 85.8 cm³/mol. The minimum atomic E-state index is 0.0563. The van der Waals surface area contributed by atoms with Crippen molar-refractivity contribution in [1.29, 1.82) is 0 Å². The highest BCUT2D eigenvalue weighted by Crippen LogP contribution is 2.08. The summed E-state index contributed by atoms with van der Waals surface area (Å²) in [6.07, 6.45) is 0.830. The summed E-state index contributed by atoms with van der Waals surface area (Å²) in [5.41, 5.74) is 2.69. The van der Waals surface area contributed by atoms with Crippen molar-refractivity contribution in [1.82, 2.24) is 9.78 Å². The predicted octanol–water partition coefficient (Wildman–Crippen LogP) is 3.38. The van der Waals surface area contributed by atoms with Crippen molar-refractivity contribution in [3.63, 3.8) is 0 Å². The van der Waals surface area contributed by atoms with Crippen LogP contribution in [0.3, 0.4) is 0 Å². The molecular formula is C16H19BrN2O2. The number of aryl methyl sites for hydroxylation is 2. The molecule has 0 aliphatic heterocycles. The number of aromatic nitrogens is 2. The molecule has 2 rings (SSSR count). The minimum absolute atomic E-state index is 0.0563. The number of alkyl halides is 1. The van der Waals surface area contributed by atoms with E-state index in [-0.39, 0.29) is 5.78 Å². The van der Waals surface area contributed by atoms with Crippen LogP contribution in [0.5, 0.6) is 0 Å². The Bertz CT molecular complexity index is 581. The van der Waals surface area contributed by atoms with Gasteiger partial charge in [0.05, 0.1) is 17.6 Å². The maximum absolute atomic E-state index is 11.8. The first-order valence-electron chi connectivity index (χ1n) is 6.96. The quantitative estimate of drug-likeness (QED) is 0.416. The van der Waals surface area contributed by atoms with Gasteiger partial charge in [0, 0.05) is 13.2 Å². The number of ketones is 1. The van der Waals surface area contributed by atoms with Gasteiger partial charge < -0.3 is 4.74 Å². The van der Waals surface area contributed by atoms with E-state index in [0.29, 0.717) is 30.8 Å². The number of carbonyl (C=O) groups excluding carboxylic acids is 1. The maximum Gasteiger partial charge on any atom is 0.191 e. The Labute approximate surface area is 133 Å². The van der Waals surface area contributed by atoms with Crippen molar-refractivity contribution in [2.45, 2.75) is 26.5 Å². The minimum Gasteiger partial charge on any atom is -0.377 e. The van der Waals surface area contributed by atoms with Gasteiger partial charge in [0.2, 0.25) is 0 Å². The molecule has 0 aliphatic carbocycles. The summed E-state index contributed by atoms with van der Waals surface area (Å²) in [6, 6.07) is 11.9. The molecule has 0 amide bonds. The fourth-order valence-electron chi connectivity index (χ4n) is 2.09. The lowest BCUT2D eigenvalue weighted by molar-refractivity contribution is 0.100. The third-order valence-corrected chi connectivity index (χ3v) is 3.59. The first kappa shape index (κ1) is 15.9. The Kier molecular flexibility index (Phi) is 6.14. The highest BCUT2D eigenvalue weighted by molar-refractivity contribution is 9.09. The van der Waals surface area contributed by atoms with Crippen LogP contribution in [0, 0.1) is 6.92 Å². The topological polar surface area (TPSA) is 44.1 Å². The zero-order valence-corrected chi connectivity index (χ0v) is 13.7. The van der Waals surface area contributed by atoms with E-state index in [9.17, 15) is 4.79 Å². The van der Waals surface area contributed by atoms with E-state index >= 15 is 0 Å². The van der Waals surface area contributed by atoms with E-state index in [4.69, 9.17) is 4.74 Å². The number of halogens is 1. The van der Waals surface area contributed by atoms with Crippen molar-refractivity contribution < 1.29 is 9.53 Å². The normalized spacial score (nSPS) is 10.8. The van der Waals surface area contributed by atoms with E-state index in [1.807, 2.05) is 43.3 Å². The molecule has 1 aromatic carbocycles. The molecule has 0 bridgehead atoms. The highest BCUT2D eigenvalue weighted by Gasteiger charge is 2.12. The molecule has 5 heteroatoms. The molecule has 0 spiro atoms. The largest absolute Gasteiger partial charge is 0.377 e. The summed E-state index contributed by atoms with van der Waals surface area (Å²) in [4.78, 5) is 11.8. The summed E-state index contributed by atoms with van der Waals surface area (Å²) < 4.78 is 7.41. The number of hydrogen-bond donors (Lipinski definition) is 0. The van der Waals surface area contributed by atoms with Crippen LogP contribution >= 0.6 is 15.9 Å². The van der Waals surface area contributed by atoms with E-state index in [0.717, 1.165) is 12.1 Å². The molecule has 0 unspecified atom stereocenters. The van der Waals surface area contributed by atoms with Gasteiger partial charge >= 0.3 is 0 Å². The molecule has 1 heterocycles. The van der Waals surface area contributed by atoms with Crippen LogP contribution in [-0.2, 0) is 17.9 Å². The Hall–Kier alpha value is -1.46. The van der Waals surface area contributed by atoms with Crippen LogP contribution < -0.4 is 0 Å². The first-order chi connectivity index (χ1) is 10.2. The zero-order valence-electron chi connectivity index (χ0n) is 12.1. The smallest absolute Gasteiger partial charge is 0.191 e. The van der Waals surface area contributed by atoms with Gasteiger partial charge in [-0.25, -0.2) is 0 Å². The lowest BCUT2D eigenvalue weighted by Gasteiger charge is -2.07. The molecule has 0 N–H and O–H groups in total. The lowest BCUT2D eigenvalue weighted by atomic mass is 10.2. The van der Waals surface area contributed by atoms with Gasteiger partial charge in [-0.15, -0.1) is 0 Å². The molecule has 0 saturated carbocycles. The molecule has 0 aliphatic rings. The van der Waals surface area contributed by atoms with Gasteiger partial charge in [0.25, 0.3) is 0 Å². The molecule has 0 radical (unpaired) electrons. The summed E-state index contributed by atoms with van der Waals surface area (Å²) in [5, 5.41) is 4.68. The van der Waals surface area contributed by atoms with E-state index in [1.54, 1.807) is 4.68 Å². The number of hydrogen-bond acceptors (Lipinski definition) is 3. The first-order valence-corrected chi connectivity index (χ1v) is 8.08. The number of rotatable bonds is 8. The molecule has 4 nitrogen and oxygen atoms in total. The second-order valence-corrected chi connectivity index (χ2v) is 5.40. The zero-order chi connectivity index (χ0) is 15.1. The van der Waals surface area contributed by atoms with Crippen LogP contribution in [0.1, 0.15) is 28.2 Å². The fraction of sp³-hybridized carbons (Fsp3) is 0.375. The van der Waals surface area contributed by atoms with Crippen molar-refractivity contribution in [2.24, 2.45) is 0 Å². The number of nitrogens with zero attached hydrogens (tertiary/aromatic N) is 2. The average Bonchev–Trinajstić information content (AvgIpc) is 2.88. The van der Waals surface area contributed by atoms with Gasteiger partial charge in [0.1, 0.15) is 5.69 Å². The van der Waals surface area contributed by atoms with Gasteiger partial charge in [-0.3, -0.25) is 9.48 Å². The van der Waals surface area contributed by atoms with E-state index in [1.165, 1.54) is 5.56 Å². The second kappa shape index (κ2) is 8.10. The van der Waals surface area contributed by atoms with Gasteiger partial charge in [-0.1, -0.05) is 46.3 Å². The van der Waals surface area contributed by atoms with Crippen LogP contribution in [0.25, 0.3) is 0 Å². The molecule has 0 fully saturated rings. The monoisotopic (exact) mass is 350 g/mol. The molecule has 21 heavy (non-hydrogen) atoms. The van der Waals surface area contributed by atoms with Crippen LogP contribution in [-0.4, -0.2) is 27.5 Å². The van der Waals surface area contributed by atoms with Gasteiger partial charge in [0.15, 0.2) is 5.78 Å². The standard InChI is InChI=1S/C16H19BrN2O2/c1-13-10-15(16(20)11-17)19(18-13)8-5-9-21-12-14-6-3-2-4-7-14/h2-4,6-7,10H,5,8-9,11-12H2,1H3. The SMILES string of the molecule is Cc1cc(C(=O)CBr)n(CCCOCc2ccccc2)n1. The number of Topliss-reactive ketones (excluding diaryl/α,β-unsaturated/α-hetero) is 1. The molecule has 1 aromatic heterocycles. The maximum atomic E-state index is 11.8. The van der Waals surface area contributed by atoms with E-state index < -0.39 is 0 Å². The second-order valence-electron chi connectivity index (χ2n) is 4.84. The van der Waals surface area contributed by atoms with Gasteiger partial charge in [-0.05, 0) is 25.0 Å². The molecule has 112 valence electrons. The van der Waals surface area contributed by atoms with Crippen LogP contribution in [0.15, 0.2) is 36.4 Å². The van der Waals surface area contributed by atoms with E-state index in [2.05, 4.69) is 21.0 Å². The summed E-state index contributed by atoms with van der Waals surface area (Å²) >= 11 is 3.20. The van der Waals surface area contributed by atoms with Crippen LogP contribution in [0.4, 0.5) is 0 Å². The summed E-state index contributed by atoms with van der Waals surface area (Å²) in [7, 11) is 0. The summed E-state index contributed by atoms with van der Waals surface area (Å²) in [5.74, 6) is 0.0563. The van der Waals surface area contributed by atoms with Crippen molar-refractivity contribution >= 4 is 21.7 Å². The van der Waals surface area contributed by atoms with Crippen molar-refractivity contribution in [2.75, 3.05) is 11.9 Å². The molecular weight excluding hydrogens is 332 g/mol. The summed E-state index contributed by atoms with van der Waals surface area (Å²) in [6.45, 7) is 3.85. The van der Waals surface area contributed by atoms with Crippen LogP contribution in [0.2, 0.25) is 0 Å². The fourth-order valence-corrected chi connectivity index (χ4v) is 2.38. The van der Waals surface area contributed by atoms with Gasteiger partial charge in [-0.2, -0.15) is 5.10 Å². The Balaban J connectivity index is 1.77. The Morgan fingerprint density at radius 2 is 2.10 bits per heavy atom. The van der Waals surface area contributed by atoms with Crippen molar-refractivity contribution in [3.8, 4) is 0 Å². The Morgan fingerprint density at radius 3 is 2.81 bits per heavy atom. The third kappa shape index (κ3) is 4.79.